The van der Waals surface area contributed by atoms with Gasteiger partial charge in [0.05, 0.1) is 10.4 Å². The fourth-order valence-corrected chi connectivity index (χ4v) is 1.96. The number of primary amides is 1. The number of thiazole rings is 1. The van der Waals surface area contributed by atoms with Crippen LogP contribution >= 0.6 is 11.3 Å². The van der Waals surface area contributed by atoms with Crippen LogP contribution in [0.15, 0.2) is 18.2 Å². The molecule has 0 saturated heterocycles. The zero-order valence-corrected chi connectivity index (χ0v) is 7.97. The molecule has 0 aliphatic rings. The van der Waals surface area contributed by atoms with Crippen molar-refractivity contribution in [2.24, 2.45) is 5.73 Å². The number of aromatic nitrogens is 1. The van der Waals surface area contributed by atoms with Gasteiger partial charge >= 0.3 is 6.03 Å². The zero-order valence-electron chi connectivity index (χ0n) is 7.15. The summed E-state index contributed by atoms with van der Waals surface area (Å²) >= 11 is 1.37. The van der Waals surface area contributed by atoms with Gasteiger partial charge < -0.3 is 16.8 Å². The summed E-state index contributed by atoms with van der Waals surface area (Å²) in [5.74, 6) is 0. The fourth-order valence-electron chi connectivity index (χ4n) is 1.20. The minimum Gasteiger partial charge on any atom is -0.375 e. The number of nitrogens with one attached hydrogen (secondary N) is 1. The molecule has 1 aromatic carbocycles. The quantitative estimate of drug-likeness (QED) is 0.660. The standard InChI is InChI=1S/C8H8N4OS/c9-7(13)11-4-2-1-3-5-6(4)12-8(10)14-5/h1-3H,(H2,10,12)(H3,9,11,13). The Morgan fingerprint density at radius 2 is 2.29 bits per heavy atom. The van der Waals surface area contributed by atoms with Gasteiger partial charge in [-0.25, -0.2) is 9.78 Å². The second kappa shape index (κ2) is 3.15. The Kier molecular flexibility index (Phi) is 1.97. The van der Waals surface area contributed by atoms with Gasteiger partial charge in [0.2, 0.25) is 0 Å². The van der Waals surface area contributed by atoms with E-state index in [0.717, 1.165) is 4.70 Å². The van der Waals surface area contributed by atoms with Crippen molar-refractivity contribution in [3.05, 3.63) is 18.2 Å². The average molecular weight is 208 g/mol. The highest BCUT2D eigenvalue weighted by Gasteiger charge is 2.06. The van der Waals surface area contributed by atoms with Crippen molar-refractivity contribution >= 4 is 38.4 Å². The molecule has 14 heavy (non-hydrogen) atoms. The van der Waals surface area contributed by atoms with Gasteiger partial charge in [0, 0.05) is 0 Å². The van der Waals surface area contributed by atoms with Crippen LogP contribution < -0.4 is 16.8 Å². The van der Waals surface area contributed by atoms with E-state index in [9.17, 15) is 4.79 Å². The van der Waals surface area contributed by atoms with Gasteiger partial charge in [-0.1, -0.05) is 17.4 Å². The van der Waals surface area contributed by atoms with Crippen molar-refractivity contribution in [2.45, 2.75) is 0 Å². The summed E-state index contributed by atoms with van der Waals surface area (Å²) in [5.41, 5.74) is 11.8. The lowest BCUT2D eigenvalue weighted by atomic mass is 10.3. The molecule has 0 bridgehead atoms. The Morgan fingerprint density at radius 1 is 1.50 bits per heavy atom. The molecule has 0 radical (unpaired) electrons. The smallest absolute Gasteiger partial charge is 0.316 e. The van der Waals surface area contributed by atoms with E-state index >= 15 is 0 Å². The van der Waals surface area contributed by atoms with Gasteiger partial charge in [0.15, 0.2) is 5.13 Å². The maximum absolute atomic E-state index is 10.7. The molecule has 1 heterocycles. The SMILES string of the molecule is NC(=O)Nc1cccc2sc(N)nc12. The Morgan fingerprint density at radius 3 is 3.00 bits per heavy atom. The topological polar surface area (TPSA) is 94.0 Å². The first-order chi connectivity index (χ1) is 6.66. The average Bonchev–Trinajstić information content (AvgIpc) is 2.45. The largest absolute Gasteiger partial charge is 0.375 e. The monoisotopic (exact) mass is 208 g/mol. The highest BCUT2D eigenvalue weighted by molar-refractivity contribution is 7.22. The molecule has 1 aromatic heterocycles. The normalized spacial score (nSPS) is 10.3. The first-order valence-electron chi connectivity index (χ1n) is 3.88. The van der Waals surface area contributed by atoms with Crippen LogP contribution in [0.2, 0.25) is 0 Å². The van der Waals surface area contributed by atoms with Gasteiger partial charge in [0.1, 0.15) is 5.52 Å². The van der Waals surface area contributed by atoms with E-state index in [1.807, 2.05) is 12.1 Å². The Balaban J connectivity index is 2.58. The molecule has 6 heteroatoms. The van der Waals surface area contributed by atoms with E-state index in [1.54, 1.807) is 6.07 Å². The van der Waals surface area contributed by atoms with Crippen molar-refractivity contribution in [1.82, 2.24) is 4.98 Å². The Bertz CT molecular complexity index is 493. The molecule has 2 amide bonds. The van der Waals surface area contributed by atoms with Crippen LogP contribution in [-0.4, -0.2) is 11.0 Å². The molecular weight excluding hydrogens is 200 g/mol. The third-order valence-electron chi connectivity index (χ3n) is 1.69. The highest BCUT2D eigenvalue weighted by atomic mass is 32.1. The second-order valence-corrected chi connectivity index (χ2v) is 3.76. The van der Waals surface area contributed by atoms with Crippen molar-refractivity contribution in [1.29, 1.82) is 0 Å². The molecule has 0 aliphatic heterocycles. The number of rotatable bonds is 1. The highest BCUT2D eigenvalue weighted by Crippen LogP contribution is 2.28. The molecule has 2 rings (SSSR count). The lowest BCUT2D eigenvalue weighted by molar-refractivity contribution is 0.259. The first kappa shape index (κ1) is 8.76. The summed E-state index contributed by atoms with van der Waals surface area (Å²) < 4.78 is 0.925. The molecule has 0 atom stereocenters. The van der Waals surface area contributed by atoms with Crippen molar-refractivity contribution < 1.29 is 4.79 Å². The number of carbonyl (C=O) groups is 1. The molecule has 0 unspecified atom stereocenters. The van der Waals surface area contributed by atoms with E-state index in [0.29, 0.717) is 16.3 Å². The molecule has 0 aliphatic carbocycles. The Hall–Kier alpha value is -1.82. The predicted molar refractivity (Wildman–Crippen MR) is 57.2 cm³/mol. The van der Waals surface area contributed by atoms with Crippen LogP contribution in [0.1, 0.15) is 0 Å². The van der Waals surface area contributed by atoms with E-state index in [1.165, 1.54) is 11.3 Å². The number of benzene rings is 1. The summed E-state index contributed by atoms with van der Waals surface area (Å²) in [4.78, 5) is 14.8. The number of nitrogen functional groups attached to an aromatic ring is 1. The van der Waals surface area contributed by atoms with Gasteiger partial charge in [-0.2, -0.15) is 0 Å². The second-order valence-electron chi connectivity index (χ2n) is 2.69. The number of para-hydroxylation sites is 1. The number of hydrogen-bond donors (Lipinski definition) is 3. The van der Waals surface area contributed by atoms with E-state index in [-0.39, 0.29) is 0 Å². The van der Waals surface area contributed by atoms with Gasteiger partial charge in [-0.05, 0) is 12.1 Å². The molecule has 72 valence electrons. The maximum atomic E-state index is 10.7. The molecule has 0 saturated carbocycles. The van der Waals surface area contributed by atoms with E-state index in [4.69, 9.17) is 11.5 Å². The van der Waals surface area contributed by atoms with Crippen LogP contribution in [0.5, 0.6) is 0 Å². The lowest BCUT2D eigenvalue weighted by Crippen LogP contribution is -2.19. The minimum atomic E-state index is -0.607. The maximum Gasteiger partial charge on any atom is 0.316 e. The third-order valence-corrected chi connectivity index (χ3v) is 2.54. The van der Waals surface area contributed by atoms with Crippen molar-refractivity contribution in [3.63, 3.8) is 0 Å². The number of amides is 2. The van der Waals surface area contributed by atoms with Crippen LogP contribution in [0, 0.1) is 0 Å². The van der Waals surface area contributed by atoms with Crippen molar-refractivity contribution in [2.75, 3.05) is 11.1 Å². The number of carbonyl (C=O) groups excluding carboxylic acids is 1. The number of nitrogens with zero attached hydrogens (tertiary/aromatic N) is 1. The summed E-state index contributed by atoms with van der Waals surface area (Å²) in [6.07, 6.45) is 0. The summed E-state index contributed by atoms with van der Waals surface area (Å²) in [6.45, 7) is 0. The van der Waals surface area contributed by atoms with Crippen LogP contribution in [0.3, 0.4) is 0 Å². The van der Waals surface area contributed by atoms with Crippen LogP contribution in [-0.2, 0) is 0 Å². The number of anilines is 2. The first-order valence-corrected chi connectivity index (χ1v) is 4.70. The van der Waals surface area contributed by atoms with E-state index in [2.05, 4.69) is 10.3 Å². The third kappa shape index (κ3) is 1.47. The molecule has 2 aromatic rings. The van der Waals surface area contributed by atoms with Gasteiger partial charge in [-0.3, -0.25) is 0 Å². The van der Waals surface area contributed by atoms with Crippen LogP contribution in [0.25, 0.3) is 10.2 Å². The lowest BCUT2D eigenvalue weighted by Gasteiger charge is -2.00. The Labute approximate surface area is 83.7 Å². The van der Waals surface area contributed by atoms with Gasteiger partial charge in [-0.15, -0.1) is 0 Å². The van der Waals surface area contributed by atoms with Crippen LogP contribution in [0.4, 0.5) is 15.6 Å². The van der Waals surface area contributed by atoms with Crippen molar-refractivity contribution in [3.8, 4) is 0 Å². The van der Waals surface area contributed by atoms with E-state index < -0.39 is 6.03 Å². The summed E-state index contributed by atoms with van der Waals surface area (Å²) in [5, 5.41) is 2.96. The molecule has 5 nitrogen and oxygen atoms in total. The number of nitrogens with two attached hydrogens (primary N) is 2. The number of urea groups is 1. The summed E-state index contributed by atoms with van der Waals surface area (Å²) in [7, 11) is 0. The number of hydrogen-bond acceptors (Lipinski definition) is 4. The number of fused-ring (bicyclic) bond motifs is 1. The van der Waals surface area contributed by atoms with Gasteiger partial charge in [0.25, 0.3) is 0 Å². The molecule has 5 N–H and O–H groups in total. The summed E-state index contributed by atoms with van der Waals surface area (Å²) in [6, 6.07) is 4.82. The molecule has 0 fully saturated rings. The molecular formula is C8H8N4OS. The zero-order chi connectivity index (χ0) is 10.1. The predicted octanol–water partition coefficient (Wildman–Crippen LogP) is 1.37. The molecule has 0 spiro atoms. The fraction of sp³-hybridized carbons (Fsp3) is 0. The minimum absolute atomic E-state index is 0.471.